The van der Waals surface area contributed by atoms with E-state index in [0.29, 0.717) is 54.3 Å². The van der Waals surface area contributed by atoms with Gasteiger partial charge in [-0.1, -0.05) is 18.1 Å². The number of ether oxygens (including phenoxy) is 1. The number of rotatable bonds is 5. The van der Waals surface area contributed by atoms with Gasteiger partial charge in [0.15, 0.2) is 5.82 Å². The Morgan fingerprint density at radius 1 is 1.09 bits per heavy atom. The minimum Gasteiger partial charge on any atom is -0.508 e. The summed E-state index contributed by atoms with van der Waals surface area (Å²) in [4.78, 5) is 13.3. The molecule has 1 aromatic heterocycles. The molecule has 3 atom stereocenters. The number of anilines is 1. The van der Waals surface area contributed by atoms with E-state index in [4.69, 9.17) is 16.1 Å². The largest absolute Gasteiger partial charge is 0.508 e. The summed E-state index contributed by atoms with van der Waals surface area (Å²) in [5.74, 6) is 1.31. The van der Waals surface area contributed by atoms with Crippen LogP contribution in [0, 0.1) is 24.0 Å². The van der Waals surface area contributed by atoms with Crippen molar-refractivity contribution in [1.82, 2.24) is 14.9 Å². The Kier molecular flexibility index (Phi) is 6.87. The summed E-state index contributed by atoms with van der Waals surface area (Å²) in [5, 5.41) is 22.5. The zero-order valence-corrected chi connectivity index (χ0v) is 24.4. The van der Waals surface area contributed by atoms with Gasteiger partial charge in [0.25, 0.3) is 0 Å². The summed E-state index contributed by atoms with van der Waals surface area (Å²) in [7, 11) is 0. The fourth-order valence-corrected chi connectivity index (χ4v) is 7.47. The van der Waals surface area contributed by atoms with Gasteiger partial charge in [0, 0.05) is 42.4 Å². The van der Waals surface area contributed by atoms with Gasteiger partial charge in [-0.25, -0.2) is 13.2 Å². The highest BCUT2D eigenvalue weighted by Crippen LogP contribution is 2.42. The molecule has 0 bridgehead atoms. The Labute approximate surface area is 253 Å². The number of aromatic hydroxyl groups is 1. The third kappa shape index (κ3) is 4.79. The van der Waals surface area contributed by atoms with Crippen molar-refractivity contribution >= 4 is 27.5 Å². The van der Waals surface area contributed by atoms with Gasteiger partial charge in [0.05, 0.1) is 16.7 Å². The predicted molar refractivity (Wildman–Crippen MR) is 163 cm³/mol. The van der Waals surface area contributed by atoms with Gasteiger partial charge in [-0.3, -0.25) is 4.90 Å². The fourth-order valence-electron chi connectivity index (χ4n) is 7.47. The number of hydrogen-bond donors (Lipinski definition) is 2. The Bertz CT molecular complexity index is 1840. The number of halogens is 3. The number of piperidine rings is 1. The van der Waals surface area contributed by atoms with Crippen LogP contribution in [0.5, 0.6) is 11.8 Å². The summed E-state index contributed by atoms with van der Waals surface area (Å²) < 4.78 is 52.1. The van der Waals surface area contributed by atoms with E-state index in [2.05, 4.69) is 15.8 Å². The van der Waals surface area contributed by atoms with E-state index in [-0.39, 0.29) is 47.1 Å². The third-order valence-corrected chi connectivity index (χ3v) is 9.46. The maximum absolute atomic E-state index is 16.7. The molecule has 44 heavy (non-hydrogen) atoms. The number of aliphatic hydroxyl groups is 1. The van der Waals surface area contributed by atoms with Gasteiger partial charge >= 0.3 is 6.01 Å². The number of aromatic nitrogens is 2. The molecule has 0 amide bonds. The maximum atomic E-state index is 16.7. The second-order valence-corrected chi connectivity index (χ2v) is 12.7. The minimum absolute atomic E-state index is 0.0292. The van der Waals surface area contributed by atoms with Crippen LogP contribution in [-0.4, -0.2) is 75.2 Å². The van der Waals surface area contributed by atoms with Crippen molar-refractivity contribution in [3.63, 3.8) is 0 Å². The molecule has 228 valence electrons. The van der Waals surface area contributed by atoms with Crippen LogP contribution in [-0.2, 0) is 0 Å². The van der Waals surface area contributed by atoms with E-state index in [1.165, 1.54) is 24.3 Å². The molecule has 0 radical (unpaired) electrons. The molecule has 0 aliphatic carbocycles. The maximum Gasteiger partial charge on any atom is 0.319 e. The van der Waals surface area contributed by atoms with E-state index in [1.54, 1.807) is 19.1 Å². The first-order valence-electron chi connectivity index (χ1n) is 15.0. The zero-order valence-electron chi connectivity index (χ0n) is 24.4. The summed E-state index contributed by atoms with van der Waals surface area (Å²) in [6.07, 6.45) is 8.16. The number of phenolic OH excluding ortho intramolecular Hbond substituents is 1. The topological polar surface area (TPSA) is 82.0 Å². The number of benzene rings is 3. The predicted octanol–water partition coefficient (Wildman–Crippen LogP) is 5.72. The van der Waals surface area contributed by atoms with Crippen LogP contribution in [0.1, 0.15) is 44.6 Å². The quantitative estimate of drug-likeness (QED) is 0.283. The summed E-state index contributed by atoms with van der Waals surface area (Å²) in [5.41, 5.74) is -1.20. The van der Waals surface area contributed by atoms with Crippen LogP contribution in [0.25, 0.3) is 32.8 Å². The zero-order chi connectivity index (χ0) is 30.8. The lowest BCUT2D eigenvalue weighted by molar-refractivity contribution is 0.0447. The molecule has 3 aromatic carbocycles. The fraction of sp³-hybridized carbons (Fsp3) is 0.412. The van der Waals surface area contributed by atoms with Gasteiger partial charge in [0.2, 0.25) is 0 Å². The van der Waals surface area contributed by atoms with Gasteiger partial charge < -0.3 is 19.8 Å². The van der Waals surface area contributed by atoms with E-state index in [1.807, 2.05) is 4.90 Å². The van der Waals surface area contributed by atoms with Gasteiger partial charge in [-0.2, -0.15) is 9.97 Å². The molecule has 1 unspecified atom stereocenters. The summed E-state index contributed by atoms with van der Waals surface area (Å²) in [6, 6.07) is 8.69. The molecule has 0 spiro atoms. The number of phenols is 1. The first-order chi connectivity index (χ1) is 21.1. The second-order valence-electron chi connectivity index (χ2n) is 12.7. The Morgan fingerprint density at radius 2 is 1.91 bits per heavy atom. The van der Waals surface area contributed by atoms with Crippen LogP contribution in [0.3, 0.4) is 0 Å². The molecule has 3 aliphatic heterocycles. The lowest BCUT2D eigenvalue weighted by atomic mass is 9.92. The molecule has 4 heterocycles. The molecule has 3 fully saturated rings. The van der Waals surface area contributed by atoms with Crippen LogP contribution < -0.4 is 9.64 Å². The van der Waals surface area contributed by atoms with E-state index >= 15 is 4.39 Å². The number of hydrogen-bond acceptors (Lipinski definition) is 7. The van der Waals surface area contributed by atoms with E-state index < -0.39 is 28.9 Å². The van der Waals surface area contributed by atoms with Crippen LogP contribution in [0.4, 0.5) is 19.0 Å². The summed E-state index contributed by atoms with van der Waals surface area (Å²) >= 11 is 0. The number of nitrogens with zero attached hydrogens (tertiary/aromatic N) is 4. The van der Waals surface area contributed by atoms with Crippen LogP contribution in [0.15, 0.2) is 36.4 Å². The van der Waals surface area contributed by atoms with Crippen molar-refractivity contribution in [3.05, 3.63) is 53.6 Å². The highest BCUT2D eigenvalue weighted by atomic mass is 19.1. The van der Waals surface area contributed by atoms with Gasteiger partial charge in [-0.15, -0.1) is 6.42 Å². The molecule has 2 N–H and O–H groups in total. The minimum atomic E-state index is -0.964. The van der Waals surface area contributed by atoms with Crippen molar-refractivity contribution in [2.24, 2.45) is 0 Å². The van der Waals surface area contributed by atoms with Crippen LogP contribution in [0.2, 0.25) is 0 Å². The monoisotopic (exact) mass is 602 g/mol. The first-order valence-corrected chi connectivity index (χ1v) is 15.0. The molecule has 7 rings (SSSR count). The Balaban J connectivity index is 1.39. The lowest BCUT2D eigenvalue weighted by Gasteiger charge is -2.38. The van der Waals surface area contributed by atoms with Crippen molar-refractivity contribution in [2.45, 2.75) is 56.3 Å². The van der Waals surface area contributed by atoms with Crippen molar-refractivity contribution in [2.75, 3.05) is 37.7 Å². The average Bonchev–Trinajstić information content (AvgIpc) is 3.51. The standard InChI is InChI=1S/C34H33F3N4O3/c1-3-23-27(36)9-6-20-14-22(42)15-26(28(20)23)24-7-8-25-30(29(24)37)38-32(39-31(25)40-12-4-10-33(2,43)18-40)44-19-34-11-5-13-41(34)17-21(35)16-34/h1,6-9,14-15,21,42-43H,4-5,10-13,16-19H2,2H3/t21-,33?,34+/m1/s1. The third-order valence-electron chi connectivity index (χ3n) is 9.46. The Hall–Kier alpha value is -4.07. The number of fused-ring (bicyclic) bond motifs is 3. The van der Waals surface area contributed by atoms with Crippen molar-refractivity contribution in [1.29, 1.82) is 0 Å². The number of β-amino-alcohol motifs (C(OH)–C–C–N with tert-alkyl or cyclic N) is 1. The molecular weight excluding hydrogens is 569 g/mol. The van der Waals surface area contributed by atoms with Gasteiger partial charge in [0.1, 0.15) is 35.7 Å². The first kappa shape index (κ1) is 28.7. The summed E-state index contributed by atoms with van der Waals surface area (Å²) in [6.45, 7) is 3.97. The van der Waals surface area contributed by atoms with Gasteiger partial charge in [-0.05, 0) is 74.4 Å². The molecular formula is C34H33F3N4O3. The smallest absolute Gasteiger partial charge is 0.319 e. The SMILES string of the molecule is C#Cc1c(F)ccc2cc(O)cc(-c3ccc4c(N5CCCC(C)(O)C5)nc(OC[C@@]56CCCN5C[C@H](F)C6)nc4c3F)c12. The lowest BCUT2D eigenvalue weighted by Crippen LogP contribution is -2.46. The normalized spacial score (nSPS) is 25.5. The Morgan fingerprint density at radius 3 is 2.70 bits per heavy atom. The molecule has 4 aromatic rings. The number of alkyl halides is 1. The highest BCUT2D eigenvalue weighted by molar-refractivity contribution is 6.04. The van der Waals surface area contributed by atoms with Crippen molar-refractivity contribution in [3.8, 4) is 35.2 Å². The highest BCUT2D eigenvalue weighted by Gasteiger charge is 2.49. The molecule has 10 heteroatoms. The molecule has 7 nitrogen and oxygen atoms in total. The molecule has 0 saturated carbocycles. The average molecular weight is 603 g/mol. The number of terminal acetylenes is 1. The molecule has 3 aliphatic rings. The molecule has 3 saturated heterocycles. The second kappa shape index (κ2) is 10.5. The van der Waals surface area contributed by atoms with Crippen LogP contribution >= 0.6 is 0 Å². The van der Waals surface area contributed by atoms with E-state index in [0.717, 1.165) is 19.4 Å². The van der Waals surface area contributed by atoms with Crippen molar-refractivity contribution < 1.29 is 28.1 Å². The van der Waals surface area contributed by atoms with E-state index in [9.17, 15) is 19.0 Å².